The van der Waals surface area contributed by atoms with Gasteiger partial charge in [0.05, 0.1) is 7.11 Å². The maximum absolute atomic E-state index is 11.5. The molecule has 0 aliphatic carbocycles. The van der Waals surface area contributed by atoms with Crippen LogP contribution in [0.1, 0.15) is 13.8 Å². The molecule has 13 heavy (non-hydrogen) atoms. The van der Waals surface area contributed by atoms with Gasteiger partial charge < -0.3 is 9.47 Å². The van der Waals surface area contributed by atoms with E-state index in [1.807, 2.05) is 0 Å². The molecule has 1 aliphatic rings. The number of ether oxygens (including phenoxy) is 2. The van der Waals surface area contributed by atoms with E-state index in [9.17, 15) is 9.59 Å². The minimum Gasteiger partial charge on any atom is -0.496 e. The molecule has 0 unspecified atom stereocenters. The molecule has 0 N–H and O–H groups in total. The Morgan fingerprint density at radius 1 is 1.54 bits per heavy atom. The van der Waals surface area contributed by atoms with Gasteiger partial charge >= 0.3 is 5.97 Å². The van der Waals surface area contributed by atoms with E-state index in [1.54, 1.807) is 13.8 Å². The second-order valence-electron chi connectivity index (χ2n) is 3.10. The van der Waals surface area contributed by atoms with Gasteiger partial charge in [-0.25, -0.2) is 4.79 Å². The standard InChI is InChI=1S/C9H12O4/c1-5(2)8(10)7-6(12-3)4-13-9(7)11/h5H,4H2,1-3H3. The average Bonchev–Trinajstić information content (AvgIpc) is 2.45. The number of methoxy groups -OCH3 is 1. The van der Waals surface area contributed by atoms with Crippen molar-refractivity contribution in [2.75, 3.05) is 13.7 Å². The molecule has 4 nitrogen and oxygen atoms in total. The van der Waals surface area contributed by atoms with Crippen LogP contribution in [0.3, 0.4) is 0 Å². The first-order valence-corrected chi connectivity index (χ1v) is 4.06. The summed E-state index contributed by atoms with van der Waals surface area (Å²) in [5, 5.41) is 0. The zero-order chi connectivity index (χ0) is 10.0. The SMILES string of the molecule is COC1=C(C(=O)C(C)C)C(=O)OC1. The van der Waals surface area contributed by atoms with E-state index in [4.69, 9.17) is 4.74 Å². The Bertz CT molecular complexity index is 275. The number of hydrogen-bond donors (Lipinski definition) is 0. The average molecular weight is 184 g/mol. The molecule has 0 bridgehead atoms. The van der Waals surface area contributed by atoms with Gasteiger partial charge in [0, 0.05) is 5.92 Å². The summed E-state index contributed by atoms with van der Waals surface area (Å²) in [6.45, 7) is 3.53. The van der Waals surface area contributed by atoms with E-state index in [1.165, 1.54) is 7.11 Å². The van der Waals surface area contributed by atoms with Gasteiger partial charge in [0.25, 0.3) is 0 Å². The summed E-state index contributed by atoms with van der Waals surface area (Å²) in [6, 6.07) is 0. The van der Waals surface area contributed by atoms with Crippen LogP contribution in [0.15, 0.2) is 11.3 Å². The summed E-state index contributed by atoms with van der Waals surface area (Å²) in [5.41, 5.74) is 0.0671. The van der Waals surface area contributed by atoms with Gasteiger partial charge in [-0.15, -0.1) is 0 Å². The van der Waals surface area contributed by atoms with Crippen molar-refractivity contribution < 1.29 is 19.1 Å². The quantitative estimate of drug-likeness (QED) is 0.478. The fraction of sp³-hybridized carbons (Fsp3) is 0.556. The third-order valence-electron chi connectivity index (χ3n) is 1.83. The van der Waals surface area contributed by atoms with Crippen LogP contribution < -0.4 is 0 Å². The lowest BCUT2D eigenvalue weighted by Crippen LogP contribution is -2.16. The molecular formula is C9H12O4. The smallest absolute Gasteiger partial charge is 0.345 e. The first-order valence-electron chi connectivity index (χ1n) is 4.06. The van der Waals surface area contributed by atoms with Gasteiger partial charge in [0.15, 0.2) is 11.5 Å². The second kappa shape index (κ2) is 3.60. The number of rotatable bonds is 3. The monoisotopic (exact) mass is 184 g/mol. The number of carbonyl (C=O) groups is 2. The predicted octanol–water partition coefficient (Wildman–Crippen LogP) is 0.669. The first kappa shape index (κ1) is 9.77. The Balaban J connectivity index is 2.98. The number of cyclic esters (lactones) is 1. The highest BCUT2D eigenvalue weighted by molar-refractivity contribution is 6.19. The van der Waals surface area contributed by atoms with Crippen molar-refractivity contribution in [1.82, 2.24) is 0 Å². The number of hydrogen-bond acceptors (Lipinski definition) is 4. The van der Waals surface area contributed by atoms with Crippen molar-refractivity contribution >= 4 is 11.8 Å². The third kappa shape index (κ3) is 1.71. The molecule has 0 radical (unpaired) electrons. The molecule has 0 saturated heterocycles. The van der Waals surface area contributed by atoms with Crippen molar-refractivity contribution in [2.24, 2.45) is 5.92 Å². The molecule has 1 heterocycles. The zero-order valence-electron chi connectivity index (χ0n) is 7.92. The number of ketones is 1. The van der Waals surface area contributed by atoms with Crippen LogP contribution in [-0.4, -0.2) is 25.5 Å². The van der Waals surface area contributed by atoms with E-state index < -0.39 is 5.97 Å². The van der Waals surface area contributed by atoms with E-state index >= 15 is 0 Å². The molecular weight excluding hydrogens is 172 g/mol. The minimum atomic E-state index is -0.574. The van der Waals surface area contributed by atoms with E-state index in [-0.39, 0.29) is 23.9 Å². The lowest BCUT2D eigenvalue weighted by atomic mass is 10.0. The van der Waals surface area contributed by atoms with E-state index in [2.05, 4.69) is 4.74 Å². The Kier molecular flexibility index (Phi) is 2.70. The van der Waals surface area contributed by atoms with Crippen molar-refractivity contribution in [1.29, 1.82) is 0 Å². The highest BCUT2D eigenvalue weighted by Gasteiger charge is 2.32. The highest BCUT2D eigenvalue weighted by atomic mass is 16.6. The lowest BCUT2D eigenvalue weighted by molar-refractivity contribution is -0.137. The fourth-order valence-corrected chi connectivity index (χ4v) is 1.08. The lowest BCUT2D eigenvalue weighted by Gasteiger charge is -2.03. The van der Waals surface area contributed by atoms with Crippen LogP contribution in [0.25, 0.3) is 0 Å². The van der Waals surface area contributed by atoms with Crippen LogP contribution in [-0.2, 0) is 19.1 Å². The second-order valence-corrected chi connectivity index (χ2v) is 3.10. The zero-order valence-corrected chi connectivity index (χ0v) is 7.92. The van der Waals surface area contributed by atoms with Crippen LogP contribution in [0.4, 0.5) is 0 Å². The largest absolute Gasteiger partial charge is 0.496 e. The van der Waals surface area contributed by atoms with E-state index in [0.717, 1.165) is 0 Å². The molecule has 4 heteroatoms. The number of esters is 1. The summed E-state index contributed by atoms with van der Waals surface area (Å²) in [5.74, 6) is -0.676. The van der Waals surface area contributed by atoms with Crippen molar-refractivity contribution in [3.05, 3.63) is 11.3 Å². The molecule has 72 valence electrons. The van der Waals surface area contributed by atoms with Crippen LogP contribution in [0.2, 0.25) is 0 Å². The van der Waals surface area contributed by atoms with Gasteiger partial charge in [-0.1, -0.05) is 13.8 Å². The van der Waals surface area contributed by atoms with Gasteiger partial charge in [-0.2, -0.15) is 0 Å². The predicted molar refractivity (Wildman–Crippen MR) is 44.8 cm³/mol. The number of carbonyl (C=O) groups excluding carboxylic acids is 2. The van der Waals surface area contributed by atoms with Gasteiger partial charge in [-0.05, 0) is 0 Å². The van der Waals surface area contributed by atoms with E-state index in [0.29, 0.717) is 5.76 Å². The fourth-order valence-electron chi connectivity index (χ4n) is 1.08. The molecule has 0 aromatic heterocycles. The third-order valence-corrected chi connectivity index (χ3v) is 1.83. The molecule has 0 spiro atoms. The topological polar surface area (TPSA) is 52.6 Å². The molecule has 0 saturated carbocycles. The Labute approximate surface area is 76.5 Å². The van der Waals surface area contributed by atoms with Gasteiger partial charge in [0.2, 0.25) is 0 Å². The number of Topliss-reactive ketones (excluding diaryl/α,β-unsaturated/α-hetero) is 1. The summed E-state index contributed by atoms with van der Waals surface area (Å²) < 4.78 is 9.56. The Morgan fingerprint density at radius 2 is 2.15 bits per heavy atom. The van der Waals surface area contributed by atoms with Gasteiger partial charge in [-0.3, -0.25) is 4.79 Å². The molecule has 0 atom stereocenters. The molecule has 0 aromatic rings. The summed E-state index contributed by atoms with van der Waals surface area (Å²) in [6.07, 6.45) is 0. The Morgan fingerprint density at radius 3 is 2.62 bits per heavy atom. The van der Waals surface area contributed by atoms with Crippen molar-refractivity contribution in [2.45, 2.75) is 13.8 Å². The van der Waals surface area contributed by atoms with Gasteiger partial charge in [0.1, 0.15) is 12.2 Å². The molecule has 0 amide bonds. The van der Waals surface area contributed by atoms with Crippen LogP contribution in [0, 0.1) is 5.92 Å². The molecule has 0 fully saturated rings. The molecule has 1 rings (SSSR count). The first-order chi connectivity index (χ1) is 6.07. The normalized spacial score (nSPS) is 16.5. The molecule has 0 aromatic carbocycles. The minimum absolute atomic E-state index is 0.0671. The van der Waals surface area contributed by atoms with Crippen LogP contribution in [0.5, 0.6) is 0 Å². The maximum atomic E-state index is 11.5. The van der Waals surface area contributed by atoms with Crippen LogP contribution >= 0.6 is 0 Å². The molecule has 1 aliphatic heterocycles. The highest BCUT2D eigenvalue weighted by Crippen LogP contribution is 2.20. The van der Waals surface area contributed by atoms with Crippen molar-refractivity contribution in [3.8, 4) is 0 Å². The Hall–Kier alpha value is -1.32. The summed E-state index contributed by atoms with van der Waals surface area (Å²) >= 11 is 0. The summed E-state index contributed by atoms with van der Waals surface area (Å²) in [4.78, 5) is 22.6. The van der Waals surface area contributed by atoms with Crippen molar-refractivity contribution in [3.63, 3.8) is 0 Å². The maximum Gasteiger partial charge on any atom is 0.345 e. The summed E-state index contributed by atoms with van der Waals surface area (Å²) in [7, 11) is 1.42.